The molecule has 1 aromatic carbocycles. The fraction of sp³-hybridized carbons (Fsp3) is 0.474. The van der Waals surface area contributed by atoms with E-state index in [2.05, 4.69) is 0 Å². The van der Waals surface area contributed by atoms with Crippen molar-refractivity contribution in [2.75, 3.05) is 39.9 Å². The van der Waals surface area contributed by atoms with Gasteiger partial charge in [0, 0.05) is 31.2 Å². The second-order valence-electron chi connectivity index (χ2n) is 6.59. The molecule has 0 saturated heterocycles. The first-order valence-electron chi connectivity index (χ1n) is 8.48. The van der Waals surface area contributed by atoms with E-state index in [0.29, 0.717) is 23.8 Å². The van der Waals surface area contributed by atoms with Crippen molar-refractivity contribution < 1.29 is 28.5 Å². The van der Waals surface area contributed by atoms with E-state index < -0.39 is 17.9 Å². The van der Waals surface area contributed by atoms with Crippen LogP contribution in [0.4, 0.5) is 5.69 Å². The van der Waals surface area contributed by atoms with E-state index in [-0.39, 0.29) is 11.7 Å². The van der Waals surface area contributed by atoms with Crippen LogP contribution in [0.3, 0.4) is 0 Å². The van der Waals surface area contributed by atoms with Crippen molar-refractivity contribution in [1.82, 2.24) is 0 Å². The van der Waals surface area contributed by atoms with Crippen LogP contribution >= 0.6 is 0 Å². The zero-order valence-electron chi connectivity index (χ0n) is 15.2. The second-order valence-corrected chi connectivity index (χ2v) is 6.59. The molecule has 1 aliphatic carbocycles. The standard InChI is InChI=1S/C19H21NO6/c1-23-11-8-10(21)17(25-3)14-13(11)19(22)20-6-5-9-7-12(24-2)18(26-4)15(14)16(9)20/h7-8,13-14,17H,5-6H2,1-4H3/t13-,14+,17?/m1/s1. The quantitative estimate of drug-likeness (QED) is 0.810. The van der Waals surface area contributed by atoms with Gasteiger partial charge >= 0.3 is 0 Å². The van der Waals surface area contributed by atoms with Crippen LogP contribution in [-0.2, 0) is 25.5 Å². The predicted octanol–water partition coefficient (Wildman–Crippen LogP) is 1.43. The lowest BCUT2D eigenvalue weighted by molar-refractivity contribution is -0.132. The summed E-state index contributed by atoms with van der Waals surface area (Å²) in [5, 5.41) is 0. The summed E-state index contributed by atoms with van der Waals surface area (Å²) in [4.78, 5) is 27.6. The fourth-order valence-electron chi connectivity index (χ4n) is 4.50. The molecule has 7 heteroatoms. The average molecular weight is 359 g/mol. The first-order chi connectivity index (χ1) is 12.6. The molecule has 2 heterocycles. The minimum absolute atomic E-state index is 0.0730. The monoisotopic (exact) mass is 359 g/mol. The number of rotatable bonds is 4. The number of fused-ring (bicyclic) bond motifs is 2. The molecular weight excluding hydrogens is 338 g/mol. The highest BCUT2D eigenvalue weighted by atomic mass is 16.5. The Balaban J connectivity index is 2.05. The first kappa shape index (κ1) is 16.9. The zero-order valence-corrected chi connectivity index (χ0v) is 15.2. The first-order valence-corrected chi connectivity index (χ1v) is 8.48. The molecule has 0 saturated carbocycles. The SMILES string of the molecule is COC1=CC(=O)C(OC)[C@@H]2c3c(OC)c(OC)cc4c3N(CC4)C(=O)[C@H]12. The summed E-state index contributed by atoms with van der Waals surface area (Å²) in [5.41, 5.74) is 2.62. The van der Waals surface area contributed by atoms with E-state index >= 15 is 0 Å². The summed E-state index contributed by atoms with van der Waals surface area (Å²) < 4.78 is 22.1. The molecule has 138 valence electrons. The van der Waals surface area contributed by atoms with Gasteiger partial charge in [-0.25, -0.2) is 0 Å². The maximum atomic E-state index is 13.2. The summed E-state index contributed by atoms with van der Waals surface area (Å²) in [6, 6.07) is 1.91. The molecule has 0 spiro atoms. The Morgan fingerprint density at radius 3 is 2.46 bits per heavy atom. The Morgan fingerprint density at radius 2 is 1.85 bits per heavy atom. The van der Waals surface area contributed by atoms with Crippen LogP contribution in [0.5, 0.6) is 11.5 Å². The molecule has 1 amide bonds. The number of amides is 1. The third kappa shape index (κ3) is 2.03. The van der Waals surface area contributed by atoms with Crippen LogP contribution in [0.25, 0.3) is 0 Å². The van der Waals surface area contributed by atoms with Gasteiger partial charge in [-0.05, 0) is 18.1 Å². The van der Waals surface area contributed by atoms with Gasteiger partial charge in [-0.3, -0.25) is 9.59 Å². The number of methoxy groups -OCH3 is 4. The fourth-order valence-corrected chi connectivity index (χ4v) is 4.50. The summed E-state index contributed by atoms with van der Waals surface area (Å²) in [6.07, 6.45) is 1.32. The van der Waals surface area contributed by atoms with Gasteiger partial charge in [0.1, 0.15) is 17.8 Å². The van der Waals surface area contributed by atoms with Gasteiger partial charge in [0.25, 0.3) is 0 Å². The molecule has 3 aliphatic rings. The van der Waals surface area contributed by atoms with Gasteiger partial charge in [-0.15, -0.1) is 0 Å². The maximum Gasteiger partial charge on any atom is 0.238 e. The van der Waals surface area contributed by atoms with Gasteiger partial charge in [0.05, 0.1) is 27.0 Å². The normalized spacial score (nSPS) is 26.2. The molecule has 0 N–H and O–H groups in total. The van der Waals surface area contributed by atoms with Gasteiger partial charge in [0.15, 0.2) is 17.3 Å². The van der Waals surface area contributed by atoms with Gasteiger partial charge in [-0.2, -0.15) is 0 Å². The molecule has 4 rings (SSSR count). The summed E-state index contributed by atoms with van der Waals surface area (Å²) in [5.74, 6) is 0.0527. The van der Waals surface area contributed by atoms with Crippen molar-refractivity contribution in [2.45, 2.75) is 18.4 Å². The predicted molar refractivity (Wildman–Crippen MR) is 92.7 cm³/mol. The number of hydrogen-bond acceptors (Lipinski definition) is 6. The van der Waals surface area contributed by atoms with Gasteiger partial charge in [-0.1, -0.05) is 0 Å². The van der Waals surface area contributed by atoms with Gasteiger partial charge < -0.3 is 23.8 Å². The Bertz CT molecular complexity index is 830. The molecule has 26 heavy (non-hydrogen) atoms. The van der Waals surface area contributed by atoms with E-state index in [0.717, 1.165) is 23.2 Å². The number of ether oxygens (including phenoxy) is 4. The summed E-state index contributed by atoms with van der Waals surface area (Å²) in [6.45, 7) is 0.587. The number of nitrogens with zero attached hydrogens (tertiary/aromatic N) is 1. The number of benzene rings is 1. The van der Waals surface area contributed by atoms with Crippen molar-refractivity contribution >= 4 is 17.4 Å². The van der Waals surface area contributed by atoms with E-state index in [4.69, 9.17) is 18.9 Å². The summed E-state index contributed by atoms with van der Waals surface area (Å²) >= 11 is 0. The molecule has 1 unspecified atom stereocenters. The van der Waals surface area contributed by atoms with Crippen LogP contribution in [0, 0.1) is 5.92 Å². The van der Waals surface area contributed by atoms with Crippen molar-refractivity contribution in [2.24, 2.45) is 5.92 Å². The highest BCUT2D eigenvalue weighted by molar-refractivity contribution is 6.07. The van der Waals surface area contributed by atoms with Crippen LogP contribution < -0.4 is 14.4 Å². The molecule has 0 bridgehead atoms. The molecule has 0 aromatic heterocycles. The van der Waals surface area contributed by atoms with Crippen LogP contribution in [0.15, 0.2) is 17.9 Å². The van der Waals surface area contributed by atoms with Crippen molar-refractivity contribution in [3.05, 3.63) is 29.0 Å². The average Bonchev–Trinajstić information content (AvgIpc) is 3.08. The highest BCUT2D eigenvalue weighted by Crippen LogP contribution is 2.56. The Morgan fingerprint density at radius 1 is 1.08 bits per heavy atom. The third-order valence-corrected chi connectivity index (χ3v) is 5.54. The van der Waals surface area contributed by atoms with Crippen molar-refractivity contribution in [3.8, 4) is 11.5 Å². The van der Waals surface area contributed by atoms with Crippen molar-refractivity contribution in [1.29, 1.82) is 0 Å². The van der Waals surface area contributed by atoms with E-state index in [1.165, 1.54) is 20.3 Å². The highest BCUT2D eigenvalue weighted by Gasteiger charge is 2.54. The molecular formula is C19H21NO6. The van der Waals surface area contributed by atoms with Crippen molar-refractivity contribution in [3.63, 3.8) is 0 Å². The third-order valence-electron chi connectivity index (χ3n) is 5.54. The summed E-state index contributed by atoms with van der Waals surface area (Å²) in [7, 11) is 6.10. The number of ketones is 1. The van der Waals surface area contributed by atoms with E-state index in [9.17, 15) is 9.59 Å². The topological polar surface area (TPSA) is 74.3 Å². The molecule has 3 atom stereocenters. The van der Waals surface area contributed by atoms with Gasteiger partial charge in [0.2, 0.25) is 5.91 Å². The Labute approximate surface area is 151 Å². The lowest BCUT2D eigenvalue weighted by Gasteiger charge is -2.43. The maximum absolute atomic E-state index is 13.2. The molecule has 0 fully saturated rings. The smallest absolute Gasteiger partial charge is 0.238 e. The number of anilines is 1. The number of hydrogen-bond donors (Lipinski definition) is 0. The Kier molecular flexibility index (Phi) is 3.91. The van der Waals surface area contributed by atoms with E-state index in [1.807, 2.05) is 6.07 Å². The zero-order chi connectivity index (χ0) is 18.6. The van der Waals surface area contributed by atoms with E-state index in [1.54, 1.807) is 19.1 Å². The minimum atomic E-state index is -0.782. The molecule has 0 radical (unpaired) electrons. The second kappa shape index (κ2) is 6.02. The van der Waals surface area contributed by atoms with Crippen LogP contribution in [0.2, 0.25) is 0 Å². The largest absolute Gasteiger partial charge is 0.500 e. The Hall–Kier alpha value is -2.54. The lowest BCUT2D eigenvalue weighted by atomic mass is 9.71. The van der Waals surface area contributed by atoms with Crippen LogP contribution in [0.1, 0.15) is 17.0 Å². The van der Waals surface area contributed by atoms with Crippen LogP contribution in [-0.4, -0.2) is 52.8 Å². The minimum Gasteiger partial charge on any atom is -0.500 e. The number of carbonyl (C=O) groups is 2. The molecule has 7 nitrogen and oxygen atoms in total. The lowest BCUT2D eigenvalue weighted by Crippen LogP contribution is -2.50. The number of carbonyl (C=O) groups excluding carboxylic acids is 2. The molecule has 2 aliphatic heterocycles. The molecule has 1 aromatic rings.